The van der Waals surface area contributed by atoms with Gasteiger partial charge in [0.25, 0.3) is 0 Å². The average Bonchev–Trinajstić information content (AvgIpc) is 2.69. The van der Waals surface area contributed by atoms with Crippen molar-refractivity contribution in [3.63, 3.8) is 0 Å². The first-order valence-corrected chi connectivity index (χ1v) is 12.3. The molecule has 186 valence electrons. The molecule has 3 atom stereocenters. The highest BCUT2D eigenvalue weighted by atomic mass is 32.2. The Hall–Kier alpha value is -1.85. The molecule has 0 aromatic carbocycles. The van der Waals surface area contributed by atoms with Crippen molar-refractivity contribution in [2.45, 2.75) is 78.6 Å². The molecule has 0 heterocycles. The van der Waals surface area contributed by atoms with Gasteiger partial charge in [-0.2, -0.15) is 0 Å². The Morgan fingerprint density at radius 2 is 1.53 bits per heavy atom. The van der Waals surface area contributed by atoms with Crippen molar-refractivity contribution in [2.24, 2.45) is 17.6 Å². The molecule has 0 spiro atoms. The van der Waals surface area contributed by atoms with Crippen LogP contribution in [0.4, 0.5) is 4.79 Å². The van der Waals surface area contributed by atoms with Crippen molar-refractivity contribution in [1.82, 2.24) is 26.0 Å². The van der Waals surface area contributed by atoms with E-state index in [9.17, 15) is 19.2 Å². The van der Waals surface area contributed by atoms with Gasteiger partial charge in [0.15, 0.2) is 5.78 Å². The van der Waals surface area contributed by atoms with Crippen LogP contribution in [0.1, 0.15) is 54.4 Å². The van der Waals surface area contributed by atoms with Crippen LogP contribution in [0.2, 0.25) is 0 Å². The van der Waals surface area contributed by atoms with Crippen molar-refractivity contribution in [1.29, 1.82) is 0 Å². The number of primary amides is 1. The monoisotopic (exact) mass is 474 g/mol. The van der Waals surface area contributed by atoms with E-state index in [-0.39, 0.29) is 29.6 Å². The minimum Gasteiger partial charge on any atom is -0.352 e. The number of carbonyl (C=O) groups is 4. The van der Waals surface area contributed by atoms with Crippen molar-refractivity contribution < 1.29 is 19.2 Å². The molecule has 11 heteroatoms. The minimum absolute atomic E-state index is 0.102. The van der Waals surface area contributed by atoms with Crippen LogP contribution in [-0.2, 0) is 14.4 Å². The van der Waals surface area contributed by atoms with Crippen LogP contribution in [0.5, 0.6) is 0 Å². The third-order valence-electron chi connectivity index (χ3n) is 4.75. The maximum absolute atomic E-state index is 13.0. The zero-order valence-corrected chi connectivity index (χ0v) is 21.2. The fraction of sp³-hybridized carbons (Fsp3) is 0.810. The normalized spacial score (nSPS) is 14.2. The summed E-state index contributed by atoms with van der Waals surface area (Å²) in [5, 5.41) is 11.3. The summed E-state index contributed by atoms with van der Waals surface area (Å²) < 4.78 is 3.05. The summed E-state index contributed by atoms with van der Waals surface area (Å²) in [6, 6.07) is -2.44. The van der Waals surface area contributed by atoms with E-state index in [0.717, 1.165) is 0 Å². The molecule has 0 aliphatic rings. The molecule has 0 aliphatic carbocycles. The van der Waals surface area contributed by atoms with Crippen molar-refractivity contribution in [3.8, 4) is 0 Å². The lowest BCUT2D eigenvalue weighted by Crippen LogP contribution is -2.58. The van der Waals surface area contributed by atoms with Gasteiger partial charge in [0, 0.05) is 25.0 Å². The van der Waals surface area contributed by atoms with Gasteiger partial charge < -0.3 is 27.0 Å². The summed E-state index contributed by atoms with van der Waals surface area (Å²) in [5.41, 5.74) is 5.06. The number of carbonyl (C=O) groups excluding carboxylic acids is 4. The van der Waals surface area contributed by atoms with Crippen LogP contribution in [0.15, 0.2) is 0 Å². The first-order chi connectivity index (χ1) is 14.9. The smallest absolute Gasteiger partial charge is 0.312 e. The number of Topliss-reactive ketones (excluding diaryl/α,β-unsaturated/α-hetero) is 1. The van der Waals surface area contributed by atoms with Gasteiger partial charge in [0.1, 0.15) is 12.1 Å². The number of urea groups is 1. The molecule has 0 saturated heterocycles. The maximum atomic E-state index is 13.0. The predicted octanol–water partition coefficient (Wildman–Crippen LogP) is 0.520. The highest BCUT2D eigenvalue weighted by molar-refractivity contribution is 7.96. The van der Waals surface area contributed by atoms with Gasteiger partial charge in [-0.3, -0.25) is 19.1 Å². The molecule has 0 saturated carbocycles. The largest absolute Gasteiger partial charge is 0.352 e. The molecule has 0 rings (SSSR count). The van der Waals surface area contributed by atoms with E-state index in [1.54, 1.807) is 13.8 Å². The lowest BCUT2D eigenvalue weighted by molar-refractivity contribution is -0.133. The quantitative estimate of drug-likeness (QED) is 0.141. The Morgan fingerprint density at radius 3 is 2.00 bits per heavy atom. The van der Waals surface area contributed by atoms with E-state index in [2.05, 4.69) is 26.0 Å². The van der Waals surface area contributed by atoms with Gasteiger partial charge in [-0.05, 0) is 25.0 Å². The second-order valence-electron chi connectivity index (χ2n) is 8.72. The third-order valence-corrected chi connectivity index (χ3v) is 5.27. The van der Waals surface area contributed by atoms with Crippen LogP contribution in [0.3, 0.4) is 0 Å². The van der Waals surface area contributed by atoms with Gasteiger partial charge >= 0.3 is 6.03 Å². The number of ketones is 1. The third kappa shape index (κ3) is 12.3. The van der Waals surface area contributed by atoms with E-state index in [1.165, 1.54) is 11.9 Å². The number of rotatable bonds is 16. The Bertz CT molecular complexity index is 615. The number of nitrogens with one attached hydrogen (secondary N) is 5. The van der Waals surface area contributed by atoms with E-state index < -0.39 is 30.1 Å². The molecule has 0 aromatic heterocycles. The van der Waals surface area contributed by atoms with Gasteiger partial charge in [-0.25, -0.2) is 4.79 Å². The maximum Gasteiger partial charge on any atom is 0.312 e. The van der Waals surface area contributed by atoms with E-state index in [1.807, 2.05) is 34.0 Å². The second kappa shape index (κ2) is 15.9. The Morgan fingerprint density at radius 1 is 0.906 bits per heavy atom. The molecular formula is C21H42N6O4S. The predicted molar refractivity (Wildman–Crippen MR) is 129 cm³/mol. The molecule has 0 unspecified atom stereocenters. The van der Waals surface area contributed by atoms with Crippen LogP contribution < -0.4 is 31.7 Å². The fourth-order valence-corrected chi connectivity index (χ4v) is 3.41. The summed E-state index contributed by atoms with van der Waals surface area (Å²) in [6.45, 7) is 11.9. The van der Waals surface area contributed by atoms with Gasteiger partial charge in [-0.15, -0.1) is 0 Å². The highest BCUT2D eigenvalue weighted by Crippen LogP contribution is 2.09. The zero-order chi connectivity index (χ0) is 24.8. The molecular weight excluding hydrogens is 432 g/mol. The number of nitrogens with two attached hydrogens (primary N) is 1. The topological polar surface area (TPSA) is 154 Å². The second-order valence-corrected chi connectivity index (χ2v) is 9.36. The van der Waals surface area contributed by atoms with Crippen LogP contribution in [0.25, 0.3) is 0 Å². The Kier molecular flexibility index (Phi) is 15.0. The Balaban J connectivity index is 5.24. The summed E-state index contributed by atoms with van der Waals surface area (Å²) in [7, 11) is 0. The number of amides is 4. The summed E-state index contributed by atoms with van der Waals surface area (Å²) in [6.07, 6.45) is 2.67. The first kappa shape index (κ1) is 30.1. The van der Waals surface area contributed by atoms with Crippen LogP contribution in [-0.4, -0.2) is 67.1 Å². The molecule has 4 amide bonds. The van der Waals surface area contributed by atoms with Gasteiger partial charge in [0.05, 0.1) is 6.04 Å². The molecule has 0 aliphatic heterocycles. The van der Waals surface area contributed by atoms with Gasteiger partial charge in [0.2, 0.25) is 11.8 Å². The van der Waals surface area contributed by atoms with Crippen LogP contribution >= 0.6 is 11.9 Å². The van der Waals surface area contributed by atoms with E-state index in [4.69, 9.17) is 5.73 Å². The van der Waals surface area contributed by atoms with Gasteiger partial charge in [-0.1, -0.05) is 53.5 Å². The molecule has 10 nitrogen and oxygen atoms in total. The SMILES string of the molecule is CSN[C@@H](CNC(C)C)C(=O)N[C@H](C(=O)N[C@@H](CCCNC(N)=O)C(=O)C(C)C)C(C)C. The molecule has 7 N–H and O–H groups in total. The minimum atomic E-state index is -0.793. The molecule has 0 fully saturated rings. The summed E-state index contributed by atoms with van der Waals surface area (Å²) in [4.78, 5) is 49.3. The van der Waals surface area contributed by atoms with Crippen LogP contribution in [0, 0.1) is 11.8 Å². The van der Waals surface area contributed by atoms with Crippen molar-refractivity contribution in [3.05, 3.63) is 0 Å². The van der Waals surface area contributed by atoms with Crippen molar-refractivity contribution in [2.75, 3.05) is 19.3 Å². The lowest BCUT2D eigenvalue weighted by Gasteiger charge is -2.28. The standard InChI is InChI=1S/C21H42N6O4S/c1-12(2)17(26-19(29)16(27-32-7)11-24-14(5)6)20(30)25-15(18(28)13(3)4)9-8-10-23-21(22)31/h12-17,24,27H,8-11H2,1-7H3,(H,25,30)(H,26,29)(H3,22,23,31)/t15-,16-,17-/m0/s1. The number of hydrogen-bond donors (Lipinski definition) is 6. The first-order valence-electron chi connectivity index (χ1n) is 11.1. The summed E-state index contributed by atoms with van der Waals surface area (Å²) in [5.74, 6) is -1.25. The van der Waals surface area contributed by atoms with Crippen molar-refractivity contribution >= 4 is 35.6 Å². The molecule has 0 radical (unpaired) electrons. The summed E-state index contributed by atoms with van der Waals surface area (Å²) >= 11 is 1.33. The lowest BCUT2D eigenvalue weighted by atomic mass is 9.96. The fourth-order valence-electron chi connectivity index (χ4n) is 2.94. The molecule has 0 bridgehead atoms. The Labute approximate surface area is 196 Å². The zero-order valence-electron chi connectivity index (χ0n) is 20.4. The van der Waals surface area contributed by atoms with E-state index in [0.29, 0.717) is 25.9 Å². The van der Waals surface area contributed by atoms with E-state index >= 15 is 0 Å². The highest BCUT2D eigenvalue weighted by Gasteiger charge is 2.31. The average molecular weight is 475 g/mol. The molecule has 0 aromatic rings. The number of hydrogen-bond acceptors (Lipinski definition) is 7. The molecule has 32 heavy (non-hydrogen) atoms.